The van der Waals surface area contributed by atoms with Crippen molar-refractivity contribution in [1.29, 1.82) is 0 Å². The van der Waals surface area contributed by atoms with Gasteiger partial charge < -0.3 is 0 Å². The molecule has 3 nitrogen and oxygen atoms in total. The van der Waals surface area contributed by atoms with Crippen LogP contribution in [0.25, 0.3) is 10.8 Å². The molecule has 24 heavy (non-hydrogen) atoms. The summed E-state index contributed by atoms with van der Waals surface area (Å²) in [6.07, 6.45) is -4.40. The van der Waals surface area contributed by atoms with E-state index in [4.69, 9.17) is 0 Å². The lowest BCUT2D eigenvalue weighted by atomic mass is 9.87. The second-order valence-corrected chi connectivity index (χ2v) is 6.37. The number of hydrazine groups is 1. The first kappa shape index (κ1) is 16.8. The van der Waals surface area contributed by atoms with Crippen molar-refractivity contribution < 1.29 is 18.0 Å². The van der Waals surface area contributed by atoms with E-state index in [2.05, 4.69) is 5.43 Å². The monoisotopic (exact) mass is 336 g/mol. The van der Waals surface area contributed by atoms with Gasteiger partial charge in [0.05, 0.1) is 0 Å². The molecule has 0 saturated carbocycles. The Balaban J connectivity index is 2.20. The van der Waals surface area contributed by atoms with Gasteiger partial charge in [-0.25, -0.2) is 5.01 Å². The van der Waals surface area contributed by atoms with Gasteiger partial charge in [-0.05, 0) is 27.8 Å². The zero-order chi connectivity index (χ0) is 17.5. The third-order valence-electron chi connectivity index (χ3n) is 4.35. The quantitative estimate of drug-likeness (QED) is 0.906. The highest BCUT2D eigenvalue weighted by molar-refractivity contribution is 5.87. The minimum atomic E-state index is -4.48. The molecule has 0 aliphatic carbocycles. The second kappa shape index (κ2) is 6.09. The zero-order valence-corrected chi connectivity index (χ0v) is 13.5. The summed E-state index contributed by atoms with van der Waals surface area (Å²) in [5, 5.41) is 2.75. The summed E-state index contributed by atoms with van der Waals surface area (Å²) >= 11 is 0. The van der Waals surface area contributed by atoms with E-state index in [0.29, 0.717) is 5.56 Å². The third-order valence-corrected chi connectivity index (χ3v) is 4.35. The lowest BCUT2D eigenvalue weighted by Crippen LogP contribution is -2.44. The van der Waals surface area contributed by atoms with Crippen molar-refractivity contribution in [3.05, 3.63) is 47.5 Å². The van der Waals surface area contributed by atoms with Crippen molar-refractivity contribution in [2.24, 2.45) is 0 Å². The number of carbonyl (C=O) groups is 1. The van der Waals surface area contributed by atoms with E-state index >= 15 is 0 Å². The van der Waals surface area contributed by atoms with Crippen LogP contribution in [0.15, 0.2) is 36.4 Å². The number of nitrogens with one attached hydrogen (secondary N) is 1. The van der Waals surface area contributed by atoms with Crippen LogP contribution in [0.4, 0.5) is 13.2 Å². The Kier molecular flexibility index (Phi) is 4.25. The molecule has 1 aliphatic rings. The Morgan fingerprint density at radius 2 is 1.83 bits per heavy atom. The summed E-state index contributed by atoms with van der Waals surface area (Å²) in [6.45, 7) is 3.83. The minimum absolute atomic E-state index is 0.0490. The van der Waals surface area contributed by atoms with Crippen LogP contribution in [0.5, 0.6) is 0 Å². The highest BCUT2D eigenvalue weighted by Gasteiger charge is 2.48. The summed E-state index contributed by atoms with van der Waals surface area (Å²) in [6, 6.07) is 8.86. The van der Waals surface area contributed by atoms with Gasteiger partial charge in [0.25, 0.3) is 0 Å². The maximum Gasteiger partial charge on any atom is 0.409 e. The maximum atomic E-state index is 13.8. The van der Waals surface area contributed by atoms with Crippen molar-refractivity contribution in [2.75, 3.05) is 6.54 Å². The Labute approximate surface area is 138 Å². The normalized spacial score (nSPS) is 17.5. The predicted octanol–water partition coefficient (Wildman–Crippen LogP) is 4.30. The van der Waals surface area contributed by atoms with E-state index in [-0.39, 0.29) is 30.4 Å². The first-order valence-electron chi connectivity index (χ1n) is 7.93. The van der Waals surface area contributed by atoms with E-state index in [9.17, 15) is 18.0 Å². The second-order valence-electron chi connectivity index (χ2n) is 6.37. The number of benzene rings is 2. The molecular formula is C18H19F3N2O. The molecule has 0 aromatic heterocycles. The lowest BCUT2D eigenvalue weighted by Gasteiger charge is -2.32. The fourth-order valence-electron chi connectivity index (χ4n) is 3.40. The van der Waals surface area contributed by atoms with Gasteiger partial charge in [-0.3, -0.25) is 10.2 Å². The molecule has 128 valence electrons. The molecule has 2 aromatic carbocycles. The summed E-state index contributed by atoms with van der Waals surface area (Å²) < 4.78 is 41.5. The van der Waals surface area contributed by atoms with Crippen LogP contribution in [0.2, 0.25) is 0 Å². The van der Waals surface area contributed by atoms with Gasteiger partial charge >= 0.3 is 6.18 Å². The lowest BCUT2D eigenvalue weighted by molar-refractivity contribution is -0.191. The molecule has 3 rings (SSSR count). The Bertz CT molecular complexity index is 770. The van der Waals surface area contributed by atoms with Gasteiger partial charge in [0.1, 0.15) is 6.04 Å². The maximum absolute atomic E-state index is 13.8. The Morgan fingerprint density at radius 3 is 2.42 bits per heavy atom. The number of nitrogens with zero attached hydrogens (tertiary/aromatic N) is 1. The van der Waals surface area contributed by atoms with Crippen LogP contribution < -0.4 is 5.43 Å². The average molecular weight is 336 g/mol. The van der Waals surface area contributed by atoms with E-state index < -0.39 is 12.2 Å². The molecule has 1 N–H and O–H groups in total. The molecule has 1 fully saturated rings. The van der Waals surface area contributed by atoms with Crippen molar-refractivity contribution in [2.45, 2.75) is 38.4 Å². The standard InChI is InChI=1S/C18H19F3N2O/c1-11(2)16-13-6-4-3-5-12(13)7-8-14(16)17(18(19,20)21)23-10-9-15(24)22-23/h3-8,11,17H,9-10H2,1-2H3,(H,22,24). The van der Waals surface area contributed by atoms with Crippen molar-refractivity contribution in [3.8, 4) is 0 Å². The van der Waals surface area contributed by atoms with Crippen molar-refractivity contribution >= 4 is 16.7 Å². The molecule has 0 radical (unpaired) electrons. The number of amides is 1. The fraction of sp³-hybridized carbons (Fsp3) is 0.389. The van der Waals surface area contributed by atoms with E-state index in [1.807, 2.05) is 38.1 Å². The number of carbonyl (C=O) groups excluding carboxylic acids is 1. The smallest absolute Gasteiger partial charge is 0.288 e. The minimum Gasteiger partial charge on any atom is -0.288 e. The number of rotatable bonds is 3. The third kappa shape index (κ3) is 2.98. The van der Waals surface area contributed by atoms with Crippen molar-refractivity contribution in [3.63, 3.8) is 0 Å². The van der Waals surface area contributed by atoms with Gasteiger partial charge in [0.2, 0.25) is 5.91 Å². The molecule has 2 aromatic rings. The fourth-order valence-corrected chi connectivity index (χ4v) is 3.40. The largest absolute Gasteiger partial charge is 0.409 e. The van der Waals surface area contributed by atoms with E-state index in [1.54, 1.807) is 12.1 Å². The van der Waals surface area contributed by atoms with Crippen LogP contribution in [0.1, 0.15) is 43.4 Å². The molecule has 1 unspecified atom stereocenters. The summed E-state index contributed by atoms with van der Waals surface area (Å²) in [5.74, 6) is -0.453. The number of fused-ring (bicyclic) bond motifs is 1. The Hall–Kier alpha value is -2.08. The molecule has 1 atom stereocenters. The topological polar surface area (TPSA) is 32.3 Å². The molecule has 1 amide bonds. The van der Waals surface area contributed by atoms with Gasteiger partial charge in [-0.1, -0.05) is 50.2 Å². The molecule has 0 spiro atoms. The SMILES string of the molecule is CC(C)c1c(C(N2CCC(=O)N2)C(F)(F)F)ccc2ccccc12. The predicted molar refractivity (Wildman–Crippen MR) is 86.3 cm³/mol. The highest BCUT2D eigenvalue weighted by Crippen LogP contribution is 2.42. The van der Waals surface area contributed by atoms with Crippen molar-refractivity contribution in [1.82, 2.24) is 10.4 Å². The van der Waals surface area contributed by atoms with Gasteiger partial charge in [0, 0.05) is 13.0 Å². The first-order chi connectivity index (χ1) is 11.3. The number of halogens is 3. The zero-order valence-electron chi connectivity index (χ0n) is 13.5. The Morgan fingerprint density at radius 1 is 1.12 bits per heavy atom. The molecule has 0 bridgehead atoms. The molecule has 1 heterocycles. The average Bonchev–Trinajstić information content (AvgIpc) is 2.91. The van der Waals surface area contributed by atoms with Gasteiger partial charge in [-0.15, -0.1) is 0 Å². The number of alkyl halides is 3. The van der Waals surface area contributed by atoms with E-state index in [0.717, 1.165) is 15.8 Å². The molecular weight excluding hydrogens is 317 g/mol. The number of hydrogen-bond acceptors (Lipinski definition) is 2. The van der Waals surface area contributed by atoms with Gasteiger partial charge in [-0.2, -0.15) is 13.2 Å². The molecule has 1 saturated heterocycles. The van der Waals surface area contributed by atoms with Gasteiger partial charge in [0.15, 0.2) is 0 Å². The van der Waals surface area contributed by atoms with E-state index in [1.165, 1.54) is 0 Å². The van der Waals surface area contributed by atoms with Crippen LogP contribution >= 0.6 is 0 Å². The van der Waals surface area contributed by atoms with Crippen LogP contribution in [-0.2, 0) is 4.79 Å². The number of hydrogen-bond donors (Lipinski definition) is 1. The summed E-state index contributed by atoms with van der Waals surface area (Å²) in [4.78, 5) is 11.4. The highest BCUT2D eigenvalue weighted by atomic mass is 19.4. The van der Waals surface area contributed by atoms with Crippen LogP contribution in [0.3, 0.4) is 0 Å². The molecule has 6 heteroatoms. The van der Waals surface area contributed by atoms with Crippen LogP contribution in [-0.4, -0.2) is 23.6 Å². The molecule has 1 aliphatic heterocycles. The van der Waals surface area contributed by atoms with Crippen LogP contribution in [0, 0.1) is 0 Å². The summed E-state index contributed by atoms with van der Waals surface area (Å²) in [5.41, 5.74) is 3.23. The first-order valence-corrected chi connectivity index (χ1v) is 7.93. The summed E-state index contributed by atoms with van der Waals surface area (Å²) in [7, 11) is 0.